The molecule has 8 aliphatic rings. The molecule has 13 rings (SSSR count). The number of oxime groups is 1. The number of rotatable bonds is 58. The number of fused-ring (bicyclic) bond motifs is 8. The number of nitrogens with one attached hydrogen (secondary N) is 2. The van der Waals surface area contributed by atoms with Crippen LogP contribution in [0.5, 0.6) is 51.7 Å². The summed E-state index contributed by atoms with van der Waals surface area (Å²) in [5.74, 6) is -2.05. The van der Waals surface area contributed by atoms with E-state index in [1.807, 2.05) is 77.8 Å². The van der Waals surface area contributed by atoms with Crippen molar-refractivity contribution >= 4 is 64.5 Å². The van der Waals surface area contributed by atoms with Gasteiger partial charge in [0.25, 0.3) is 23.6 Å². The van der Waals surface area contributed by atoms with Crippen LogP contribution in [0.25, 0.3) is 0 Å². The van der Waals surface area contributed by atoms with Gasteiger partial charge in [0, 0.05) is 91.8 Å². The minimum Gasteiger partial charge on any atom is -0.497 e. The number of methoxy groups -OCH3 is 5. The van der Waals surface area contributed by atoms with Gasteiger partial charge in [-0.05, 0) is 108 Å². The summed E-state index contributed by atoms with van der Waals surface area (Å²) in [6, 6.07) is 22.7. The molecule has 0 saturated carbocycles. The number of hydrogen-bond acceptors (Lipinski definition) is 37. The molecule has 0 spiro atoms. The van der Waals surface area contributed by atoms with Crippen molar-refractivity contribution in [2.24, 2.45) is 33.9 Å². The van der Waals surface area contributed by atoms with Crippen molar-refractivity contribution in [2.75, 3.05) is 239 Å². The fourth-order valence-electron chi connectivity index (χ4n) is 16.1. The van der Waals surface area contributed by atoms with Gasteiger partial charge in [-0.2, -0.15) is 5.10 Å². The van der Waals surface area contributed by atoms with E-state index in [2.05, 4.69) is 15.8 Å². The van der Waals surface area contributed by atoms with Crippen LogP contribution >= 0.6 is 0 Å². The number of hydrazone groups is 1. The van der Waals surface area contributed by atoms with E-state index >= 15 is 0 Å². The molecule has 4 N–H and O–H groups in total. The number of ether oxygens (including phenoxy) is 21. The second kappa shape index (κ2) is 52.3. The first-order valence-corrected chi connectivity index (χ1v) is 44.0. The van der Waals surface area contributed by atoms with Gasteiger partial charge < -0.3 is 135 Å². The Labute approximate surface area is 762 Å². The summed E-state index contributed by atoms with van der Waals surface area (Å²) in [4.78, 5) is 114. The van der Waals surface area contributed by atoms with E-state index < -0.39 is 59.2 Å². The summed E-state index contributed by atoms with van der Waals surface area (Å²) < 4.78 is 118. The molecular weight excluding hydrogens is 1740 g/mol. The summed E-state index contributed by atoms with van der Waals surface area (Å²) in [6.07, 6.45) is 1.34. The third kappa shape index (κ3) is 27.1. The third-order valence-corrected chi connectivity index (χ3v) is 22.4. The number of hydroxylamine groups is 4. The first-order chi connectivity index (χ1) is 64.6. The van der Waals surface area contributed by atoms with Crippen molar-refractivity contribution in [3.05, 3.63) is 117 Å². The summed E-state index contributed by atoms with van der Waals surface area (Å²) >= 11 is 0. The molecule has 720 valence electrons. The van der Waals surface area contributed by atoms with E-state index in [-0.39, 0.29) is 142 Å². The number of amides is 6. The van der Waals surface area contributed by atoms with Gasteiger partial charge in [-0.1, -0.05) is 5.16 Å². The van der Waals surface area contributed by atoms with Crippen LogP contribution in [0.2, 0.25) is 0 Å². The molecule has 6 atom stereocenters. The molecule has 5 aromatic rings. The van der Waals surface area contributed by atoms with Crippen LogP contribution < -0.4 is 58.3 Å². The maximum absolute atomic E-state index is 14.7. The van der Waals surface area contributed by atoms with E-state index in [4.69, 9.17) is 119 Å². The Morgan fingerprint density at radius 2 is 0.795 bits per heavy atom. The lowest BCUT2D eigenvalue weighted by Crippen LogP contribution is -2.46. The zero-order valence-corrected chi connectivity index (χ0v) is 74.9. The molecule has 41 nitrogen and oxygen atoms in total. The largest absolute Gasteiger partial charge is 0.497 e. The fourth-order valence-corrected chi connectivity index (χ4v) is 16.1. The number of anilines is 1. The normalized spacial score (nSPS) is 18.2. The molecule has 6 heterocycles. The molecule has 132 heavy (non-hydrogen) atoms. The molecule has 41 heteroatoms. The monoisotopic (exact) mass is 1850 g/mol. The van der Waals surface area contributed by atoms with Crippen LogP contribution in [0.15, 0.2) is 83.1 Å². The maximum Gasteiger partial charge on any atom is 0.335 e. The predicted molar refractivity (Wildman–Crippen MR) is 462 cm³/mol. The van der Waals surface area contributed by atoms with Crippen LogP contribution in [-0.4, -0.2) is 313 Å². The number of nitrogens with zero attached hydrogens (tertiary/aromatic N) is 5. The van der Waals surface area contributed by atoms with E-state index in [9.17, 15) is 48.6 Å². The molecule has 2 fully saturated rings. The Hall–Kier alpha value is -11.2. The topological polar surface area (TPSA) is 457 Å². The van der Waals surface area contributed by atoms with Gasteiger partial charge in [0.2, 0.25) is 25.4 Å². The summed E-state index contributed by atoms with van der Waals surface area (Å²) in [7, 11) is 7.71. The number of aliphatic hydroxyl groups is 2. The average molecular weight is 1850 g/mol. The Balaban J connectivity index is 0.000000252. The molecule has 0 bridgehead atoms. The van der Waals surface area contributed by atoms with Gasteiger partial charge in [0.15, 0.2) is 46.0 Å². The fraction of sp³-hybridized carbons (Fsp3) is 0.560. The van der Waals surface area contributed by atoms with Crippen LogP contribution in [0.3, 0.4) is 0 Å². The Kier molecular flexibility index (Phi) is 39.6. The van der Waals surface area contributed by atoms with Gasteiger partial charge in [-0.3, -0.25) is 33.8 Å². The molecule has 2 aliphatic carbocycles. The number of carbonyl (C=O) groups is 8. The van der Waals surface area contributed by atoms with Crippen LogP contribution in [0, 0.1) is 23.7 Å². The molecule has 2 saturated heterocycles. The van der Waals surface area contributed by atoms with Crippen LogP contribution in [0.4, 0.5) is 5.69 Å². The van der Waals surface area contributed by atoms with Crippen molar-refractivity contribution in [3.63, 3.8) is 0 Å². The van der Waals surface area contributed by atoms with Crippen molar-refractivity contribution in [2.45, 2.75) is 76.4 Å². The lowest BCUT2D eigenvalue weighted by molar-refractivity contribution is -0.198. The number of unbranched alkanes of at least 4 members (excludes halogenated alkanes) is 1. The Bertz CT molecular complexity index is 4650. The standard InChI is InChI=1S/C54H72N4O19.C37H45N3O15/c1-64-40-9-7-39(8-10-40)57-34-43-51(50(37-30-38(35-59)53(66-3)46(31-37)65-2)41-32-44-45(76-36-75-44)33-42(41)52(43)56-57)54(63)55-13-15-68-17-19-70-21-23-72-25-27-74-29-28-73-26-24-71-22-20-69-18-16-67-14-5-4-6-49(62)77-58-47(60)11-12-48(58)61;1-46-29-16-22(15-23(19-41)36(29)47-2)33-24-17-27-28(53-21-52-27)18-25(24)35-26(20-54-39-35)34(33)37(45)38-6-8-49-10-12-51-14-13-50-11-9-48-7-5-32(44)55-40-30(42)3-4-31(40)43/h7-10,30-33,43,50-51,59H,4-6,11-29,34-36H2,1-3H3,(H,55,63);15-18,26,33-34,41H,3-14,19-21H2,1-2H3,(H,38,45)/t43-,50+,51-;26?,33-,34+/m01/s1. The first-order valence-electron chi connectivity index (χ1n) is 44.0. The molecule has 1 unspecified atom stereocenters. The minimum atomic E-state index is -0.724. The van der Waals surface area contributed by atoms with Crippen LogP contribution in [-0.2, 0) is 123 Å². The lowest BCUT2D eigenvalue weighted by atomic mass is 9.65. The summed E-state index contributed by atoms with van der Waals surface area (Å²) in [5.41, 5.74) is 8.09. The highest BCUT2D eigenvalue weighted by Crippen LogP contribution is 2.54. The summed E-state index contributed by atoms with van der Waals surface area (Å²) in [5, 5.41) is 39.4. The van der Waals surface area contributed by atoms with Gasteiger partial charge >= 0.3 is 11.9 Å². The highest BCUT2D eigenvalue weighted by molar-refractivity contribution is 6.11. The Morgan fingerprint density at radius 3 is 1.20 bits per heavy atom. The van der Waals surface area contributed by atoms with Crippen LogP contribution in [0.1, 0.15) is 108 Å². The van der Waals surface area contributed by atoms with Crippen molar-refractivity contribution in [1.29, 1.82) is 0 Å². The van der Waals surface area contributed by atoms with E-state index in [1.54, 1.807) is 14.2 Å². The highest BCUT2D eigenvalue weighted by atomic mass is 16.7. The molecular formula is C91H117N7O34. The molecule has 6 amide bonds. The second-order valence-electron chi connectivity index (χ2n) is 30.7. The average Bonchev–Trinajstić information content (AvgIpc) is 1.52. The van der Waals surface area contributed by atoms with Gasteiger partial charge in [-0.25, -0.2) is 9.59 Å². The predicted octanol–water partition coefficient (Wildman–Crippen LogP) is 4.78. The maximum atomic E-state index is 14.7. The highest BCUT2D eigenvalue weighted by Gasteiger charge is 2.52. The first kappa shape index (κ1) is 99.8. The van der Waals surface area contributed by atoms with Crippen molar-refractivity contribution in [1.82, 2.24) is 20.8 Å². The van der Waals surface area contributed by atoms with Gasteiger partial charge in [0.1, 0.15) is 12.4 Å². The smallest absolute Gasteiger partial charge is 0.335 e. The number of benzene rings is 5. The zero-order valence-electron chi connectivity index (χ0n) is 74.9. The number of carbonyl (C=O) groups excluding carboxylic acids is 8. The molecule has 0 aromatic heterocycles. The molecule has 5 aromatic carbocycles. The number of imide groups is 2. The summed E-state index contributed by atoms with van der Waals surface area (Å²) in [6.45, 7) is 9.20. The Morgan fingerprint density at radius 1 is 0.417 bits per heavy atom. The third-order valence-electron chi connectivity index (χ3n) is 22.4. The quantitative estimate of drug-likeness (QED) is 0.0300. The van der Waals surface area contributed by atoms with Gasteiger partial charge in [-0.15, -0.1) is 10.1 Å². The van der Waals surface area contributed by atoms with E-state index in [0.717, 1.165) is 50.5 Å². The number of hydrogen-bond donors (Lipinski definition) is 4. The molecule has 0 radical (unpaired) electrons. The lowest BCUT2D eigenvalue weighted by Gasteiger charge is -2.38. The van der Waals surface area contributed by atoms with Crippen molar-refractivity contribution < 1.29 is 163 Å². The van der Waals surface area contributed by atoms with E-state index in [1.165, 1.54) is 21.3 Å². The van der Waals surface area contributed by atoms with Gasteiger partial charge in [0.05, 0.1) is 249 Å². The second-order valence-corrected chi connectivity index (χ2v) is 30.7. The van der Waals surface area contributed by atoms with Crippen molar-refractivity contribution in [3.8, 4) is 51.7 Å². The van der Waals surface area contributed by atoms with E-state index in [0.29, 0.717) is 218 Å². The SMILES string of the molecule is COc1cc([C@@H]2c3cc4c(cc3C3=NOCC3[C@@H]2C(=O)NCCOCCOCCOCCOCCC(=O)ON2C(=O)CCC2=O)OCO4)cc(CO)c1OC.COc1ccc(N2C[C@@H]3C(=N2)c2cc4c(cc2[C@@H](c2cc(CO)c(OC)c(OC)c2)[C@H]3C(=O)NCCOCCOCCOCCOCCOCCOCCOCCOCCCCC(=O)ON2C(=O)CCC2=O)OCO4)cc1. The number of aliphatic hydroxyl groups excluding tert-OH is 2. The minimum absolute atomic E-state index is 0.0382. The molecule has 6 aliphatic heterocycles. The zero-order chi connectivity index (χ0) is 92.9.